The lowest BCUT2D eigenvalue weighted by Gasteiger charge is -2.42. The lowest BCUT2D eigenvalue weighted by Crippen LogP contribution is -2.59. The topological polar surface area (TPSA) is 72.8 Å². The first-order valence-electron chi connectivity index (χ1n) is 10.4. The van der Waals surface area contributed by atoms with E-state index >= 15 is 0 Å². The molecule has 0 heterocycles. The molecule has 0 aliphatic rings. The van der Waals surface area contributed by atoms with Crippen molar-refractivity contribution in [2.45, 2.75) is 78.1 Å². The second-order valence-electron chi connectivity index (χ2n) is 9.82. The van der Waals surface area contributed by atoms with Gasteiger partial charge in [-0.15, -0.1) is 0 Å². The average molecular weight is 425 g/mol. The predicted octanol–water partition coefficient (Wildman–Crippen LogP) is 4.49. The van der Waals surface area contributed by atoms with E-state index in [1.54, 1.807) is 0 Å². The molecular formula is C23H40N2O3S. The van der Waals surface area contributed by atoms with Gasteiger partial charge in [-0.1, -0.05) is 44.2 Å². The largest absolute Gasteiger partial charge is 0.465 e. The molecule has 0 radical (unpaired) electrons. The number of carbonyl (C=O) groups is 1. The zero-order valence-corrected chi connectivity index (χ0v) is 19.9. The lowest BCUT2D eigenvalue weighted by molar-refractivity contribution is 0.00595. The number of rotatable bonds is 11. The predicted molar refractivity (Wildman–Crippen MR) is 124 cm³/mol. The van der Waals surface area contributed by atoms with Gasteiger partial charge in [-0.2, -0.15) is 11.8 Å². The zero-order chi connectivity index (χ0) is 22.2. The number of amides is 1. The van der Waals surface area contributed by atoms with Crippen LogP contribution in [0.5, 0.6) is 0 Å². The van der Waals surface area contributed by atoms with Crippen molar-refractivity contribution in [3.63, 3.8) is 0 Å². The molecule has 5 nitrogen and oxygen atoms in total. The third-order valence-corrected chi connectivity index (χ3v) is 6.52. The van der Waals surface area contributed by atoms with Crippen molar-refractivity contribution in [1.82, 2.24) is 10.2 Å². The minimum atomic E-state index is -1.01. The maximum atomic E-state index is 12.1. The molecule has 2 atom stereocenters. The summed E-state index contributed by atoms with van der Waals surface area (Å²) in [7, 11) is 0. The van der Waals surface area contributed by atoms with Crippen LogP contribution in [0.25, 0.3) is 0 Å². The monoisotopic (exact) mass is 424 g/mol. The number of nitrogens with one attached hydrogen (secondary N) is 1. The van der Waals surface area contributed by atoms with Crippen molar-refractivity contribution < 1.29 is 15.0 Å². The summed E-state index contributed by atoms with van der Waals surface area (Å²) in [5.74, 6) is 2.68. The maximum Gasteiger partial charge on any atom is 0.408 e. The first-order valence-corrected chi connectivity index (χ1v) is 11.6. The molecule has 1 rings (SSSR count). The van der Waals surface area contributed by atoms with E-state index in [4.69, 9.17) is 0 Å². The third-order valence-electron chi connectivity index (χ3n) is 4.70. The SMILES string of the molecule is CC(C)CSCC(C)(C)NC[C@@H](O)[C@H](Cc1ccccc1)N(C(=O)O)C(C)(C)C. The van der Waals surface area contributed by atoms with Crippen molar-refractivity contribution in [1.29, 1.82) is 0 Å². The summed E-state index contributed by atoms with van der Waals surface area (Å²) in [6, 6.07) is 9.22. The van der Waals surface area contributed by atoms with Crippen LogP contribution in [0.15, 0.2) is 30.3 Å². The highest BCUT2D eigenvalue weighted by atomic mass is 32.2. The van der Waals surface area contributed by atoms with E-state index in [0.717, 1.165) is 17.1 Å². The van der Waals surface area contributed by atoms with Crippen molar-refractivity contribution in [3.05, 3.63) is 35.9 Å². The molecule has 0 fully saturated rings. The maximum absolute atomic E-state index is 12.1. The summed E-state index contributed by atoms with van der Waals surface area (Å²) >= 11 is 1.90. The smallest absolute Gasteiger partial charge is 0.408 e. The van der Waals surface area contributed by atoms with Crippen LogP contribution < -0.4 is 5.32 Å². The molecule has 1 aromatic rings. The van der Waals surface area contributed by atoms with E-state index in [1.807, 2.05) is 62.9 Å². The number of thioether (sulfide) groups is 1. The highest BCUT2D eigenvalue weighted by molar-refractivity contribution is 7.99. The summed E-state index contributed by atoms with van der Waals surface area (Å²) in [6.45, 7) is 14.6. The normalized spacial score (nSPS) is 14.7. The molecule has 0 saturated carbocycles. The third kappa shape index (κ3) is 9.41. The Hall–Kier alpha value is -1.24. The van der Waals surface area contributed by atoms with E-state index in [2.05, 4.69) is 33.0 Å². The molecule has 29 heavy (non-hydrogen) atoms. The highest BCUT2D eigenvalue weighted by Gasteiger charge is 2.37. The van der Waals surface area contributed by atoms with Crippen LogP contribution in [0.2, 0.25) is 0 Å². The van der Waals surface area contributed by atoms with Crippen LogP contribution in [-0.2, 0) is 6.42 Å². The Morgan fingerprint density at radius 3 is 2.21 bits per heavy atom. The van der Waals surface area contributed by atoms with Gasteiger partial charge >= 0.3 is 6.09 Å². The summed E-state index contributed by atoms with van der Waals surface area (Å²) in [5, 5.41) is 24.4. The number of nitrogens with zero attached hydrogens (tertiary/aromatic N) is 1. The van der Waals surface area contributed by atoms with E-state index in [9.17, 15) is 15.0 Å². The van der Waals surface area contributed by atoms with Crippen molar-refractivity contribution in [3.8, 4) is 0 Å². The summed E-state index contributed by atoms with van der Waals surface area (Å²) in [6.07, 6.45) is -1.36. The molecule has 3 N–H and O–H groups in total. The highest BCUT2D eigenvalue weighted by Crippen LogP contribution is 2.23. The molecule has 6 heteroatoms. The van der Waals surface area contributed by atoms with Gasteiger partial charge in [0.05, 0.1) is 12.1 Å². The zero-order valence-electron chi connectivity index (χ0n) is 19.1. The van der Waals surface area contributed by atoms with Gasteiger partial charge in [-0.25, -0.2) is 4.79 Å². The van der Waals surface area contributed by atoms with Gasteiger partial charge in [0.25, 0.3) is 0 Å². The number of hydrogen-bond acceptors (Lipinski definition) is 4. The Morgan fingerprint density at radius 1 is 1.14 bits per heavy atom. The first kappa shape index (κ1) is 25.8. The van der Waals surface area contributed by atoms with Crippen LogP contribution in [0.3, 0.4) is 0 Å². The van der Waals surface area contributed by atoms with Gasteiger partial charge in [0.1, 0.15) is 0 Å². The van der Waals surface area contributed by atoms with Gasteiger partial charge in [0.15, 0.2) is 0 Å². The van der Waals surface area contributed by atoms with Gasteiger partial charge < -0.3 is 15.5 Å². The Balaban J connectivity index is 2.92. The Labute approximate surface area is 181 Å². The van der Waals surface area contributed by atoms with E-state index in [0.29, 0.717) is 18.9 Å². The minimum absolute atomic E-state index is 0.145. The Bertz CT molecular complexity index is 614. The molecule has 1 aromatic carbocycles. The van der Waals surface area contributed by atoms with E-state index in [-0.39, 0.29) is 5.54 Å². The fraction of sp³-hybridized carbons (Fsp3) is 0.696. The number of β-amino-alcohol motifs (C(OH)–C–C–N with tert-alkyl or cyclic N) is 1. The van der Waals surface area contributed by atoms with Crippen LogP contribution in [0.1, 0.15) is 54.0 Å². The van der Waals surface area contributed by atoms with Crippen molar-refractivity contribution in [2.75, 3.05) is 18.1 Å². The molecule has 0 aliphatic heterocycles. The number of aliphatic hydroxyl groups excluding tert-OH is 1. The Kier molecular flexibility index (Phi) is 9.99. The van der Waals surface area contributed by atoms with Crippen molar-refractivity contribution >= 4 is 17.9 Å². The molecule has 0 spiro atoms. The average Bonchev–Trinajstić information content (AvgIpc) is 2.58. The van der Waals surface area contributed by atoms with Gasteiger partial charge in [0.2, 0.25) is 0 Å². The summed E-state index contributed by atoms with van der Waals surface area (Å²) < 4.78 is 0. The van der Waals surface area contributed by atoms with Crippen LogP contribution in [0, 0.1) is 5.92 Å². The lowest BCUT2D eigenvalue weighted by atomic mass is 9.94. The molecule has 0 aromatic heterocycles. The van der Waals surface area contributed by atoms with E-state index < -0.39 is 23.8 Å². The van der Waals surface area contributed by atoms with Gasteiger partial charge in [-0.3, -0.25) is 4.90 Å². The molecule has 0 bridgehead atoms. The van der Waals surface area contributed by atoms with Crippen LogP contribution in [-0.4, -0.2) is 62.5 Å². The molecule has 166 valence electrons. The quantitative estimate of drug-likeness (QED) is 0.488. The fourth-order valence-electron chi connectivity index (χ4n) is 3.30. The summed E-state index contributed by atoms with van der Waals surface area (Å²) in [4.78, 5) is 13.5. The van der Waals surface area contributed by atoms with Gasteiger partial charge in [-0.05, 0) is 58.3 Å². The van der Waals surface area contributed by atoms with Gasteiger partial charge in [0, 0.05) is 23.4 Å². The molecule has 1 amide bonds. The number of benzene rings is 1. The standard InChI is InChI=1S/C23H40N2O3S/c1-17(2)15-29-16-23(6,7)24-14-20(26)19(13-18-11-9-8-10-12-18)25(21(27)28)22(3,4)5/h8-12,17,19-20,24,26H,13-16H2,1-7H3,(H,27,28)/t19-,20+/m0/s1. The number of carboxylic acid groups (broad SMARTS) is 1. The molecular weight excluding hydrogens is 384 g/mol. The number of hydrogen-bond donors (Lipinski definition) is 3. The number of aliphatic hydroxyl groups is 1. The Morgan fingerprint density at radius 2 is 1.72 bits per heavy atom. The second-order valence-corrected chi connectivity index (χ2v) is 10.9. The van der Waals surface area contributed by atoms with Crippen LogP contribution >= 0.6 is 11.8 Å². The minimum Gasteiger partial charge on any atom is -0.465 e. The second kappa shape index (κ2) is 11.2. The molecule has 0 saturated heterocycles. The van der Waals surface area contributed by atoms with E-state index in [1.165, 1.54) is 4.90 Å². The molecule has 0 unspecified atom stereocenters. The fourth-order valence-corrected chi connectivity index (χ4v) is 4.50. The van der Waals surface area contributed by atoms with Crippen LogP contribution in [0.4, 0.5) is 4.79 Å². The molecule has 0 aliphatic carbocycles. The van der Waals surface area contributed by atoms with Crippen molar-refractivity contribution in [2.24, 2.45) is 5.92 Å². The first-order chi connectivity index (χ1) is 13.3. The summed E-state index contributed by atoms with van der Waals surface area (Å²) in [5.41, 5.74) is 0.251.